The molecule has 0 bridgehead atoms. The highest BCUT2D eigenvalue weighted by molar-refractivity contribution is 5.55. The minimum atomic E-state index is 0.0378. The third-order valence-corrected chi connectivity index (χ3v) is 2.61. The fraction of sp³-hybridized carbons (Fsp3) is 0.333. The van der Waals surface area contributed by atoms with Gasteiger partial charge in [-0.25, -0.2) is 0 Å². The molecule has 1 aromatic heterocycles. The summed E-state index contributed by atoms with van der Waals surface area (Å²) >= 11 is 0. The van der Waals surface area contributed by atoms with E-state index < -0.39 is 0 Å². The number of hydrogen-bond donors (Lipinski definition) is 1. The van der Waals surface area contributed by atoms with Crippen LogP contribution in [0.25, 0.3) is 11.4 Å². The van der Waals surface area contributed by atoms with Crippen molar-refractivity contribution in [3.05, 3.63) is 35.7 Å². The molecule has 0 spiro atoms. The van der Waals surface area contributed by atoms with Gasteiger partial charge in [0, 0.05) is 12.7 Å². The Balaban J connectivity index is 2.32. The Kier molecular flexibility index (Phi) is 3.51. The van der Waals surface area contributed by atoms with Crippen LogP contribution >= 0.6 is 0 Å². The summed E-state index contributed by atoms with van der Waals surface area (Å²) in [5, 5.41) is 3.88. The van der Waals surface area contributed by atoms with Crippen molar-refractivity contribution in [2.45, 2.75) is 19.6 Å². The van der Waals surface area contributed by atoms with E-state index in [1.165, 1.54) is 0 Å². The predicted molar refractivity (Wildman–Crippen MR) is 63.0 cm³/mol. The fourth-order valence-electron chi connectivity index (χ4n) is 1.52. The lowest BCUT2D eigenvalue weighted by Crippen LogP contribution is -1.97. The average Bonchev–Trinajstić information content (AvgIpc) is 2.86. The maximum absolute atomic E-state index is 5.42. The van der Waals surface area contributed by atoms with Gasteiger partial charge < -0.3 is 15.0 Å². The summed E-state index contributed by atoms with van der Waals surface area (Å²) in [5.74, 6) is 0.987. The fourth-order valence-corrected chi connectivity index (χ4v) is 1.52. The predicted octanol–water partition coefficient (Wildman–Crippen LogP) is 1.90. The van der Waals surface area contributed by atoms with Gasteiger partial charge in [0.15, 0.2) is 0 Å². The number of hydrogen-bond acceptors (Lipinski definition) is 5. The van der Waals surface area contributed by atoms with Gasteiger partial charge >= 0.3 is 0 Å². The lowest BCUT2D eigenvalue weighted by Gasteiger charge is -2.09. The van der Waals surface area contributed by atoms with Crippen molar-refractivity contribution in [1.29, 1.82) is 0 Å². The van der Waals surface area contributed by atoms with Crippen LogP contribution in [0.2, 0.25) is 0 Å². The smallest absolute Gasteiger partial charge is 0.240 e. The third kappa shape index (κ3) is 2.51. The van der Waals surface area contributed by atoms with Gasteiger partial charge in [0.2, 0.25) is 11.7 Å². The van der Waals surface area contributed by atoms with E-state index in [-0.39, 0.29) is 12.6 Å². The van der Waals surface area contributed by atoms with Crippen molar-refractivity contribution in [2.24, 2.45) is 5.73 Å². The van der Waals surface area contributed by atoms with Crippen LogP contribution in [-0.4, -0.2) is 17.3 Å². The molecule has 0 amide bonds. The van der Waals surface area contributed by atoms with Crippen molar-refractivity contribution in [3.63, 3.8) is 0 Å². The van der Waals surface area contributed by atoms with Crippen LogP contribution in [0.4, 0.5) is 0 Å². The number of aromatic nitrogens is 2. The molecule has 0 fully saturated rings. The minimum Gasteiger partial charge on any atom is -0.377 e. The maximum atomic E-state index is 5.42. The van der Waals surface area contributed by atoms with Gasteiger partial charge in [-0.15, -0.1) is 0 Å². The zero-order valence-corrected chi connectivity index (χ0v) is 9.88. The second-order valence-corrected chi connectivity index (χ2v) is 3.72. The molecular weight excluding hydrogens is 218 g/mol. The molecular formula is C12H15N3O2. The lowest BCUT2D eigenvalue weighted by atomic mass is 10.1. The summed E-state index contributed by atoms with van der Waals surface area (Å²) in [7, 11) is 1.68. The van der Waals surface area contributed by atoms with Crippen LogP contribution in [0.15, 0.2) is 28.8 Å². The molecule has 1 atom stereocenters. The van der Waals surface area contributed by atoms with Crippen LogP contribution < -0.4 is 5.73 Å². The Hall–Kier alpha value is -1.72. The van der Waals surface area contributed by atoms with E-state index in [9.17, 15) is 0 Å². The van der Waals surface area contributed by atoms with Gasteiger partial charge in [0.05, 0.1) is 12.6 Å². The molecule has 0 saturated heterocycles. The summed E-state index contributed by atoms with van der Waals surface area (Å²) in [5.41, 5.74) is 7.40. The van der Waals surface area contributed by atoms with Gasteiger partial charge in [0.25, 0.3) is 0 Å². The molecule has 0 aliphatic heterocycles. The summed E-state index contributed by atoms with van der Waals surface area (Å²) in [6.07, 6.45) is 0.0378. The maximum Gasteiger partial charge on any atom is 0.240 e. The molecule has 1 unspecified atom stereocenters. The van der Waals surface area contributed by atoms with Crippen LogP contribution in [0, 0.1) is 0 Å². The first kappa shape index (κ1) is 11.8. The van der Waals surface area contributed by atoms with Crippen molar-refractivity contribution < 1.29 is 9.26 Å². The number of benzene rings is 1. The number of methoxy groups -OCH3 is 1. The molecule has 5 heteroatoms. The topological polar surface area (TPSA) is 74.2 Å². The van der Waals surface area contributed by atoms with Crippen LogP contribution in [-0.2, 0) is 11.3 Å². The molecule has 2 rings (SSSR count). The van der Waals surface area contributed by atoms with E-state index in [1.54, 1.807) is 7.11 Å². The highest BCUT2D eigenvalue weighted by Crippen LogP contribution is 2.22. The van der Waals surface area contributed by atoms with Crippen LogP contribution in [0.1, 0.15) is 24.5 Å². The first-order chi connectivity index (χ1) is 8.24. The summed E-state index contributed by atoms with van der Waals surface area (Å²) in [6.45, 7) is 2.24. The Morgan fingerprint density at radius 3 is 2.94 bits per heavy atom. The molecule has 1 aromatic carbocycles. The van der Waals surface area contributed by atoms with E-state index >= 15 is 0 Å². The standard InChI is InChI=1S/C12H15N3O2/c1-8(16-2)9-4-3-5-10(6-9)12-14-11(7-13)17-15-12/h3-6,8H,7,13H2,1-2H3. The van der Waals surface area contributed by atoms with Crippen LogP contribution in [0.3, 0.4) is 0 Å². The largest absolute Gasteiger partial charge is 0.377 e. The number of nitrogens with two attached hydrogens (primary N) is 1. The first-order valence-electron chi connectivity index (χ1n) is 5.40. The zero-order valence-electron chi connectivity index (χ0n) is 9.88. The molecule has 0 radical (unpaired) electrons. The van der Waals surface area contributed by atoms with E-state index in [0.717, 1.165) is 11.1 Å². The molecule has 2 aromatic rings. The van der Waals surface area contributed by atoms with Gasteiger partial charge in [-0.3, -0.25) is 0 Å². The molecule has 5 nitrogen and oxygen atoms in total. The lowest BCUT2D eigenvalue weighted by molar-refractivity contribution is 0.119. The van der Waals surface area contributed by atoms with Gasteiger partial charge in [0.1, 0.15) is 0 Å². The Morgan fingerprint density at radius 2 is 2.29 bits per heavy atom. The average molecular weight is 233 g/mol. The zero-order chi connectivity index (χ0) is 12.3. The van der Waals surface area contributed by atoms with E-state index in [0.29, 0.717) is 11.7 Å². The van der Waals surface area contributed by atoms with Crippen molar-refractivity contribution in [2.75, 3.05) is 7.11 Å². The van der Waals surface area contributed by atoms with Crippen molar-refractivity contribution >= 4 is 0 Å². The molecule has 0 saturated carbocycles. The second-order valence-electron chi connectivity index (χ2n) is 3.72. The van der Waals surface area contributed by atoms with E-state index in [4.69, 9.17) is 15.0 Å². The van der Waals surface area contributed by atoms with Crippen LogP contribution in [0.5, 0.6) is 0 Å². The SMILES string of the molecule is COC(C)c1cccc(-c2noc(CN)n2)c1. The number of nitrogens with zero attached hydrogens (tertiary/aromatic N) is 2. The quantitative estimate of drug-likeness (QED) is 0.873. The normalized spacial score (nSPS) is 12.6. The highest BCUT2D eigenvalue weighted by atomic mass is 16.5. The van der Waals surface area contributed by atoms with E-state index in [2.05, 4.69) is 10.1 Å². The van der Waals surface area contributed by atoms with Gasteiger partial charge in [-0.2, -0.15) is 4.98 Å². The molecule has 0 aliphatic rings. The summed E-state index contributed by atoms with van der Waals surface area (Å²) in [6, 6.07) is 7.86. The van der Waals surface area contributed by atoms with Crippen molar-refractivity contribution in [1.82, 2.24) is 10.1 Å². The minimum absolute atomic E-state index is 0.0378. The third-order valence-electron chi connectivity index (χ3n) is 2.61. The Labute approximate surface area is 99.6 Å². The van der Waals surface area contributed by atoms with Gasteiger partial charge in [-0.1, -0.05) is 23.4 Å². The Morgan fingerprint density at radius 1 is 1.47 bits per heavy atom. The molecule has 1 heterocycles. The number of rotatable bonds is 4. The highest BCUT2D eigenvalue weighted by Gasteiger charge is 2.10. The summed E-state index contributed by atoms with van der Waals surface area (Å²) < 4.78 is 10.2. The molecule has 0 aliphatic carbocycles. The Bertz CT molecular complexity index is 496. The monoisotopic (exact) mass is 233 g/mol. The number of ether oxygens (including phenoxy) is 1. The van der Waals surface area contributed by atoms with Crippen molar-refractivity contribution in [3.8, 4) is 11.4 Å². The first-order valence-corrected chi connectivity index (χ1v) is 5.40. The molecule has 17 heavy (non-hydrogen) atoms. The van der Waals surface area contributed by atoms with Gasteiger partial charge in [-0.05, 0) is 18.6 Å². The molecule has 90 valence electrons. The molecule has 2 N–H and O–H groups in total. The second kappa shape index (κ2) is 5.07. The van der Waals surface area contributed by atoms with E-state index in [1.807, 2.05) is 31.2 Å². The summed E-state index contributed by atoms with van der Waals surface area (Å²) in [4.78, 5) is 4.18.